The van der Waals surface area contributed by atoms with Crippen LogP contribution < -0.4 is 4.74 Å². The van der Waals surface area contributed by atoms with E-state index in [0.717, 1.165) is 17.5 Å². The first-order valence-electron chi connectivity index (χ1n) is 4.76. The number of rotatable bonds is 1. The average Bonchev–Trinajstić information content (AvgIpc) is 2.16. The van der Waals surface area contributed by atoms with Crippen LogP contribution in [0.3, 0.4) is 0 Å². The molecule has 0 spiro atoms. The molecule has 0 radical (unpaired) electrons. The van der Waals surface area contributed by atoms with Gasteiger partial charge in [0.2, 0.25) is 0 Å². The monoisotopic (exact) mass is 192 g/mol. The number of esters is 1. The highest BCUT2D eigenvalue weighted by atomic mass is 16.5. The number of phenolic OH excluding ortho intramolecular Hbond substituents is 1. The Balaban J connectivity index is 2.45. The zero-order valence-corrected chi connectivity index (χ0v) is 8.04. The first-order valence-corrected chi connectivity index (χ1v) is 4.76. The molecule has 3 nitrogen and oxygen atoms in total. The largest absolute Gasteiger partial charge is 0.508 e. The van der Waals surface area contributed by atoms with Gasteiger partial charge in [0.05, 0.1) is 6.42 Å². The summed E-state index contributed by atoms with van der Waals surface area (Å²) in [5.74, 6) is 0.498. The Bertz CT molecular complexity index is 382. The fourth-order valence-corrected chi connectivity index (χ4v) is 1.65. The van der Waals surface area contributed by atoms with Gasteiger partial charge in [-0.25, -0.2) is 0 Å². The van der Waals surface area contributed by atoms with Gasteiger partial charge >= 0.3 is 5.97 Å². The van der Waals surface area contributed by atoms with Crippen molar-refractivity contribution in [3.05, 3.63) is 23.3 Å². The number of carbonyl (C=O) groups is 1. The third-order valence-corrected chi connectivity index (χ3v) is 2.46. The highest BCUT2D eigenvalue weighted by Gasteiger charge is 2.18. The second-order valence-electron chi connectivity index (χ2n) is 3.42. The van der Waals surface area contributed by atoms with Crippen LogP contribution in [0.25, 0.3) is 0 Å². The second-order valence-corrected chi connectivity index (χ2v) is 3.42. The van der Waals surface area contributed by atoms with Crippen LogP contribution in [0.5, 0.6) is 11.5 Å². The lowest BCUT2D eigenvalue weighted by Crippen LogP contribution is -2.15. The lowest BCUT2D eigenvalue weighted by molar-refractivity contribution is -0.135. The molecule has 0 aromatic heterocycles. The summed E-state index contributed by atoms with van der Waals surface area (Å²) < 4.78 is 5.01. The summed E-state index contributed by atoms with van der Waals surface area (Å²) in [5, 5.41) is 9.56. The molecule has 1 heterocycles. The van der Waals surface area contributed by atoms with E-state index in [-0.39, 0.29) is 11.7 Å². The van der Waals surface area contributed by atoms with Gasteiger partial charge in [-0.1, -0.05) is 6.92 Å². The lowest BCUT2D eigenvalue weighted by Gasteiger charge is -2.16. The minimum absolute atomic E-state index is 0.209. The predicted molar refractivity (Wildman–Crippen MR) is 51.4 cm³/mol. The second kappa shape index (κ2) is 3.33. The van der Waals surface area contributed by atoms with E-state index in [1.54, 1.807) is 0 Å². The normalized spacial score (nSPS) is 14.8. The van der Waals surface area contributed by atoms with Crippen molar-refractivity contribution in [2.45, 2.75) is 26.2 Å². The molecule has 0 atom stereocenters. The molecule has 0 fully saturated rings. The van der Waals surface area contributed by atoms with Gasteiger partial charge in [-0.05, 0) is 30.0 Å². The van der Waals surface area contributed by atoms with Crippen molar-refractivity contribution < 1.29 is 14.6 Å². The number of carbonyl (C=O) groups excluding carboxylic acids is 1. The Kier molecular flexibility index (Phi) is 2.15. The number of aryl methyl sites for hydroxylation is 2. The van der Waals surface area contributed by atoms with Crippen LogP contribution in [0.15, 0.2) is 12.1 Å². The molecular formula is C11H12O3. The van der Waals surface area contributed by atoms with Crippen molar-refractivity contribution in [3.63, 3.8) is 0 Å². The number of aromatic hydroxyl groups is 1. The van der Waals surface area contributed by atoms with Gasteiger partial charge < -0.3 is 9.84 Å². The fourth-order valence-electron chi connectivity index (χ4n) is 1.65. The highest BCUT2D eigenvalue weighted by molar-refractivity contribution is 5.75. The molecular weight excluding hydrogens is 180 g/mol. The number of phenols is 1. The summed E-state index contributed by atoms with van der Waals surface area (Å²) in [7, 11) is 0. The van der Waals surface area contributed by atoms with E-state index >= 15 is 0 Å². The van der Waals surface area contributed by atoms with Gasteiger partial charge in [0, 0.05) is 6.07 Å². The predicted octanol–water partition coefficient (Wildman–Crippen LogP) is 1.81. The van der Waals surface area contributed by atoms with Gasteiger partial charge in [-0.3, -0.25) is 4.79 Å². The molecule has 1 aliphatic rings. The lowest BCUT2D eigenvalue weighted by atomic mass is 10.0. The molecule has 1 N–H and O–H groups in total. The summed E-state index contributed by atoms with van der Waals surface area (Å²) in [5.41, 5.74) is 1.92. The molecule has 0 saturated carbocycles. The van der Waals surface area contributed by atoms with E-state index in [2.05, 4.69) is 0 Å². The number of benzene rings is 1. The smallest absolute Gasteiger partial charge is 0.311 e. The number of hydrogen-bond donors (Lipinski definition) is 1. The van der Waals surface area contributed by atoms with Crippen molar-refractivity contribution in [1.29, 1.82) is 0 Å². The zero-order chi connectivity index (χ0) is 10.1. The van der Waals surface area contributed by atoms with Crippen molar-refractivity contribution in [2.24, 2.45) is 0 Å². The molecule has 1 aromatic rings. The molecule has 0 aliphatic carbocycles. The van der Waals surface area contributed by atoms with E-state index in [4.69, 9.17) is 4.74 Å². The van der Waals surface area contributed by atoms with Crippen LogP contribution in [0.2, 0.25) is 0 Å². The van der Waals surface area contributed by atoms with Crippen LogP contribution in [-0.2, 0) is 17.6 Å². The standard InChI is InChI=1S/C11H12O3/c1-2-7-5-8-3-4-11(13)14-10(8)6-9(7)12/h5-6,12H,2-4H2,1H3. The van der Waals surface area contributed by atoms with Crippen LogP contribution >= 0.6 is 0 Å². The minimum Gasteiger partial charge on any atom is -0.508 e. The average molecular weight is 192 g/mol. The molecule has 1 aromatic carbocycles. The quantitative estimate of drug-likeness (QED) is 0.545. The maximum absolute atomic E-state index is 11.0. The number of fused-ring (bicyclic) bond motifs is 1. The summed E-state index contributed by atoms with van der Waals surface area (Å²) in [6, 6.07) is 3.45. The third-order valence-electron chi connectivity index (χ3n) is 2.46. The fraction of sp³-hybridized carbons (Fsp3) is 0.364. The molecule has 74 valence electrons. The molecule has 1 aliphatic heterocycles. The van der Waals surface area contributed by atoms with Gasteiger partial charge in [0.1, 0.15) is 11.5 Å². The first-order chi connectivity index (χ1) is 6.70. The summed E-state index contributed by atoms with van der Waals surface area (Å²) in [6.45, 7) is 1.98. The van der Waals surface area contributed by atoms with Gasteiger partial charge in [-0.15, -0.1) is 0 Å². The zero-order valence-electron chi connectivity index (χ0n) is 8.04. The van der Waals surface area contributed by atoms with Gasteiger partial charge in [-0.2, -0.15) is 0 Å². The van der Waals surface area contributed by atoms with Crippen molar-refractivity contribution >= 4 is 5.97 Å². The molecule has 0 unspecified atom stereocenters. The van der Waals surface area contributed by atoms with E-state index in [1.165, 1.54) is 6.07 Å². The highest BCUT2D eigenvalue weighted by Crippen LogP contribution is 2.32. The summed E-state index contributed by atoms with van der Waals surface area (Å²) in [4.78, 5) is 11.0. The Morgan fingerprint density at radius 1 is 1.43 bits per heavy atom. The molecule has 2 rings (SSSR count). The molecule has 14 heavy (non-hydrogen) atoms. The van der Waals surface area contributed by atoms with Crippen LogP contribution in [0.4, 0.5) is 0 Å². The first kappa shape index (κ1) is 9.06. The molecule has 0 bridgehead atoms. The van der Waals surface area contributed by atoms with Crippen molar-refractivity contribution in [1.82, 2.24) is 0 Å². The minimum atomic E-state index is -0.221. The van der Waals surface area contributed by atoms with Crippen LogP contribution in [0.1, 0.15) is 24.5 Å². The number of ether oxygens (including phenoxy) is 1. The van der Waals surface area contributed by atoms with Crippen LogP contribution in [-0.4, -0.2) is 11.1 Å². The molecule has 0 saturated heterocycles. The molecule has 0 amide bonds. The number of hydrogen-bond acceptors (Lipinski definition) is 3. The van der Waals surface area contributed by atoms with Gasteiger partial charge in [0.15, 0.2) is 0 Å². The Labute approximate surface area is 82.3 Å². The Morgan fingerprint density at radius 3 is 2.93 bits per heavy atom. The Hall–Kier alpha value is -1.51. The maximum atomic E-state index is 11.0. The van der Waals surface area contributed by atoms with Crippen molar-refractivity contribution in [3.8, 4) is 11.5 Å². The van der Waals surface area contributed by atoms with Crippen molar-refractivity contribution in [2.75, 3.05) is 0 Å². The third kappa shape index (κ3) is 1.45. The summed E-state index contributed by atoms with van der Waals surface area (Å²) in [6.07, 6.45) is 1.93. The van der Waals surface area contributed by atoms with E-state index < -0.39 is 0 Å². The summed E-state index contributed by atoms with van der Waals surface area (Å²) >= 11 is 0. The van der Waals surface area contributed by atoms with Gasteiger partial charge in [0.25, 0.3) is 0 Å². The van der Waals surface area contributed by atoms with E-state index in [0.29, 0.717) is 18.6 Å². The molecule has 3 heteroatoms. The van der Waals surface area contributed by atoms with Crippen LogP contribution in [0, 0.1) is 0 Å². The Morgan fingerprint density at radius 2 is 2.21 bits per heavy atom. The SMILES string of the molecule is CCc1cc2c(cc1O)OC(=O)CC2. The maximum Gasteiger partial charge on any atom is 0.311 e. The van der Waals surface area contributed by atoms with E-state index in [9.17, 15) is 9.90 Å². The van der Waals surface area contributed by atoms with E-state index in [1.807, 2.05) is 13.0 Å². The topological polar surface area (TPSA) is 46.5 Å².